The first-order valence-corrected chi connectivity index (χ1v) is 8.22. The fourth-order valence-electron chi connectivity index (χ4n) is 2.52. The van der Waals surface area contributed by atoms with Gasteiger partial charge in [0.15, 0.2) is 17.1 Å². The van der Waals surface area contributed by atoms with E-state index in [-0.39, 0.29) is 6.04 Å². The van der Waals surface area contributed by atoms with E-state index in [1.807, 2.05) is 56.3 Å². The summed E-state index contributed by atoms with van der Waals surface area (Å²) in [5, 5.41) is 0. The van der Waals surface area contributed by atoms with E-state index in [9.17, 15) is 9.00 Å². The van der Waals surface area contributed by atoms with Gasteiger partial charge in [-0.25, -0.2) is 13.3 Å². The van der Waals surface area contributed by atoms with Crippen molar-refractivity contribution in [3.63, 3.8) is 0 Å². The van der Waals surface area contributed by atoms with E-state index in [0.29, 0.717) is 4.90 Å². The Morgan fingerprint density at radius 1 is 1.05 bits per heavy atom. The van der Waals surface area contributed by atoms with Gasteiger partial charge in [-0.15, -0.1) is 0 Å². The highest BCUT2D eigenvalue weighted by molar-refractivity contribution is 7.83. The number of carbonyl (C=O) groups excluding carboxylic acids is 1. The van der Waals surface area contributed by atoms with Crippen molar-refractivity contribution in [3.05, 3.63) is 65.7 Å². The van der Waals surface area contributed by atoms with Gasteiger partial charge in [-0.3, -0.25) is 0 Å². The number of aryl methyl sites for hydroxylation is 1. The molecule has 2 aromatic rings. The fraction of sp³-hybridized carbons (Fsp3) is 0.235. The van der Waals surface area contributed by atoms with E-state index in [1.54, 1.807) is 12.1 Å². The van der Waals surface area contributed by atoms with Crippen LogP contribution in [0.2, 0.25) is 0 Å². The van der Waals surface area contributed by atoms with Gasteiger partial charge in [0, 0.05) is 0 Å². The molecule has 114 valence electrons. The van der Waals surface area contributed by atoms with Crippen LogP contribution in [0.25, 0.3) is 0 Å². The minimum Gasteiger partial charge on any atom is -0.438 e. The topological polar surface area (TPSA) is 46.6 Å². The van der Waals surface area contributed by atoms with Gasteiger partial charge in [0.05, 0.1) is 10.9 Å². The van der Waals surface area contributed by atoms with Crippen molar-refractivity contribution in [1.29, 1.82) is 0 Å². The molecule has 3 atom stereocenters. The molecule has 5 heteroatoms. The van der Waals surface area contributed by atoms with Crippen LogP contribution in [0.4, 0.5) is 4.79 Å². The second-order valence-corrected chi connectivity index (χ2v) is 6.71. The number of benzene rings is 2. The van der Waals surface area contributed by atoms with Crippen molar-refractivity contribution >= 4 is 17.1 Å². The van der Waals surface area contributed by atoms with Crippen molar-refractivity contribution in [2.75, 3.05) is 0 Å². The van der Waals surface area contributed by atoms with Gasteiger partial charge in [0.2, 0.25) is 0 Å². The van der Waals surface area contributed by atoms with Crippen LogP contribution >= 0.6 is 0 Å². The molecule has 2 aromatic carbocycles. The summed E-state index contributed by atoms with van der Waals surface area (Å²) in [7, 11) is -1.56. The summed E-state index contributed by atoms with van der Waals surface area (Å²) in [4.78, 5) is 12.8. The lowest BCUT2D eigenvalue weighted by Gasteiger charge is -2.19. The number of rotatable bonds is 3. The monoisotopic (exact) mass is 315 g/mol. The van der Waals surface area contributed by atoms with Crippen LogP contribution in [0.1, 0.15) is 24.2 Å². The first-order valence-electron chi connectivity index (χ1n) is 7.11. The van der Waals surface area contributed by atoms with Crippen LogP contribution in [0.15, 0.2) is 59.5 Å². The summed E-state index contributed by atoms with van der Waals surface area (Å²) in [5.74, 6) is 0. The molecule has 4 nitrogen and oxygen atoms in total. The second kappa shape index (κ2) is 5.93. The van der Waals surface area contributed by atoms with Gasteiger partial charge < -0.3 is 4.74 Å². The summed E-state index contributed by atoms with van der Waals surface area (Å²) in [5.41, 5.74) is 1.99. The predicted octanol–water partition coefficient (Wildman–Crippen LogP) is 3.60. The van der Waals surface area contributed by atoms with E-state index in [1.165, 1.54) is 4.31 Å². The smallest absolute Gasteiger partial charge is 0.423 e. The van der Waals surface area contributed by atoms with Crippen molar-refractivity contribution in [3.8, 4) is 0 Å². The molecule has 0 spiro atoms. The lowest BCUT2D eigenvalue weighted by atomic mass is 10.0. The third-order valence-corrected chi connectivity index (χ3v) is 5.26. The Morgan fingerprint density at radius 3 is 2.32 bits per heavy atom. The maximum absolute atomic E-state index is 12.7. The number of cyclic esters (lactones) is 1. The van der Waals surface area contributed by atoms with Crippen molar-refractivity contribution in [2.45, 2.75) is 30.9 Å². The molecule has 1 aliphatic rings. The molecule has 1 amide bonds. The Morgan fingerprint density at radius 2 is 1.68 bits per heavy atom. The molecule has 0 bridgehead atoms. The molecule has 1 aliphatic heterocycles. The van der Waals surface area contributed by atoms with Crippen LogP contribution in [0.3, 0.4) is 0 Å². The Labute approximate surface area is 132 Å². The highest BCUT2D eigenvalue weighted by Gasteiger charge is 2.43. The van der Waals surface area contributed by atoms with E-state index >= 15 is 0 Å². The summed E-state index contributed by atoms with van der Waals surface area (Å²) < 4.78 is 19.4. The molecule has 0 aromatic heterocycles. The molecule has 22 heavy (non-hydrogen) atoms. The lowest BCUT2D eigenvalue weighted by molar-refractivity contribution is 0.133. The van der Waals surface area contributed by atoms with Crippen LogP contribution in [0, 0.1) is 6.92 Å². The number of amides is 1. The van der Waals surface area contributed by atoms with Crippen LogP contribution < -0.4 is 0 Å². The van der Waals surface area contributed by atoms with E-state index in [0.717, 1.165) is 11.1 Å². The number of hydrogen-bond donors (Lipinski definition) is 0. The van der Waals surface area contributed by atoms with Crippen LogP contribution in [0.5, 0.6) is 0 Å². The normalized spacial score (nSPS) is 22.5. The van der Waals surface area contributed by atoms with Crippen LogP contribution in [-0.2, 0) is 15.7 Å². The lowest BCUT2D eigenvalue weighted by Crippen LogP contribution is -2.33. The molecule has 1 saturated heterocycles. The Hall–Kier alpha value is -2.14. The third kappa shape index (κ3) is 2.64. The maximum atomic E-state index is 12.7. The Balaban J connectivity index is 1.87. The van der Waals surface area contributed by atoms with E-state index < -0.39 is 23.2 Å². The molecule has 0 saturated carbocycles. The van der Waals surface area contributed by atoms with Crippen molar-refractivity contribution in [2.24, 2.45) is 0 Å². The van der Waals surface area contributed by atoms with Gasteiger partial charge >= 0.3 is 6.09 Å². The van der Waals surface area contributed by atoms with Gasteiger partial charge in [-0.05, 0) is 31.5 Å². The minimum absolute atomic E-state index is 0.294. The van der Waals surface area contributed by atoms with Gasteiger partial charge in [-0.1, -0.05) is 48.0 Å². The maximum Gasteiger partial charge on any atom is 0.423 e. The minimum atomic E-state index is -1.56. The Bertz CT molecular complexity index is 700. The second-order valence-electron chi connectivity index (χ2n) is 5.34. The highest BCUT2D eigenvalue weighted by atomic mass is 32.2. The largest absolute Gasteiger partial charge is 0.438 e. The number of ether oxygens (including phenoxy) is 1. The Kier molecular flexibility index (Phi) is 3.98. The standard InChI is InChI=1S/C17H17NO3S/c1-12-8-10-15(11-9-12)22(20)18-13(2)16(21-17(18)19)14-6-4-3-5-7-14/h3-11,13,16H,1-2H3/t13-,16-,22-/m1/s1. The third-order valence-electron chi connectivity index (χ3n) is 3.75. The SMILES string of the molecule is Cc1ccc([S@@](=O)N2C(=O)O[C@@H](c3ccccc3)[C@H]2C)cc1. The average Bonchev–Trinajstić information content (AvgIpc) is 2.83. The van der Waals surface area contributed by atoms with Crippen LogP contribution in [-0.4, -0.2) is 20.6 Å². The van der Waals surface area contributed by atoms with Crippen molar-refractivity contribution in [1.82, 2.24) is 4.31 Å². The highest BCUT2D eigenvalue weighted by Crippen LogP contribution is 2.34. The summed E-state index contributed by atoms with van der Waals surface area (Å²) in [6, 6.07) is 16.6. The molecule has 0 unspecified atom stereocenters. The van der Waals surface area contributed by atoms with Crippen molar-refractivity contribution < 1.29 is 13.7 Å². The van der Waals surface area contributed by atoms with Gasteiger partial charge in [0.1, 0.15) is 0 Å². The quantitative estimate of drug-likeness (QED) is 0.869. The molecular weight excluding hydrogens is 298 g/mol. The molecule has 1 heterocycles. The molecule has 0 radical (unpaired) electrons. The first-order chi connectivity index (χ1) is 10.6. The summed E-state index contributed by atoms with van der Waals surface area (Å²) in [6.45, 7) is 3.82. The first kappa shape index (κ1) is 14.8. The fourth-order valence-corrected chi connectivity index (χ4v) is 3.71. The number of nitrogens with zero attached hydrogens (tertiary/aromatic N) is 1. The zero-order valence-corrected chi connectivity index (χ0v) is 13.2. The predicted molar refractivity (Wildman–Crippen MR) is 84.6 cm³/mol. The molecule has 1 fully saturated rings. The summed E-state index contributed by atoms with van der Waals surface area (Å²) >= 11 is 0. The van der Waals surface area contributed by atoms with Gasteiger partial charge in [0.25, 0.3) is 0 Å². The number of hydrogen-bond acceptors (Lipinski definition) is 3. The molecular formula is C17H17NO3S. The molecule has 3 rings (SSSR count). The zero-order valence-electron chi connectivity index (χ0n) is 12.4. The van der Waals surface area contributed by atoms with Gasteiger partial charge in [-0.2, -0.15) is 0 Å². The van der Waals surface area contributed by atoms with E-state index in [2.05, 4.69) is 0 Å². The zero-order chi connectivity index (χ0) is 15.7. The van der Waals surface area contributed by atoms with E-state index in [4.69, 9.17) is 4.74 Å². The molecule has 0 N–H and O–H groups in total. The summed E-state index contributed by atoms with van der Waals surface area (Å²) in [6.07, 6.45) is -0.941. The molecule has 0 aliphatic carbocycles. The average molecular weight is 315 g/mol. The number of carbonyl (C=O) groups is 1.